The van der Waals surface area contributed by atoms with Gasteiger partial charge in [-0.2, -0.15) is 0 Å². The first-order valence-electron chi connectivity index (χ1n) is 9.36. The van der Waals surface area contributed by atoms with Crippen LogP contribution in [0.15, 0.2) is 63.8 Å². The standard InChI is InChI=1S/C22H22N2O5/c1-2-10-23-20(25)13-24-21(26)14-28-16-8-9-17-18(15-6-4-3-5-7-15)12-22(27)29-19(17)11-16/h3-9,11-12H,2,10,13-14H2,1H3,(H,23,25)(H,24,26). The van der Waals surface area contributed by atoms with Crippen molar-refractivity contribution < 1.29 is 18.7 Å². The molecular weight excluding hydrogens is 372 g/mol. The normalized spacial score (nSPS) is 10.5. The number of fused-ring (bicyclic) bond motifs is 1. The first-order chi connectivity index (χ1) is 14.1. The Bertz CT molecular complexity index is 1060. The first-order valence-corrected chi connectivity index (χ1v) is 9.36. The van der Waals surface area contributed by atoms with E-state index in [1.165, 1.54) is 6.07 Å². The van der Waals surface area contributed by atoms with E-state index in [4.69, 9.17) is 9.15 Å². The topological polar surface area (TPSA) is 97.6 Å². The Balaban J connectivity index is 1.68. The maximum absolute atomic E-state index is 12.0. The molecule has 29 heavy (non-hydrogen) atoms. The van der Waals surface area contributed by atoms with Gasteiger partial charge in [-0.25, -0.2) is 4.79 Å². The number of hydrogen-bond acceptors (Lipinski definition) is 5. The summed E-state index contributed by atoms with van der Waals surface area (Å²) < 4.78 is 10.8. The van der Waals surface area contributed by atoms with E-state index in [-0.39, 0.29) is 19.1 Å². The predicted molar refractivity (Wildman–Crippen MR) is 110 cm³/mol. The highest BCUT2D eigenvalue weighted by Gasteiger charge is 2.10. The van der Waals surface area contributed by atoms with Crippen molar-refractivity contribution in [3.05, 3.63) is 65.0 Å². The fourth-order valence-corrected chi connectivity index (χ4v) is 2.80. The van der Waals surface area contributed by atoms with E-state index in [0.29, 0.717) is 17.9 Å². The Hall–Kier alpha value is -3.61. The lowest BCUT2D eigenvalue weighted by Gasteiger charge is -2.10. The van der Waals surface area contributed by atoms with Crippen molar-refractivity contribution in [1.29, 1.82) is 0 Å². The predicted octanol–water partition coefficient (Wildman–Crippen LogP) is 2.48. The fraction of sp³-hybridized carbons (Fsp3) is 0.227. The van der Waals surface area contributed by atoms with Crippen molar-refractivity contribution in [2.24, 2.45) is 0 Å². The first kappa shape index (κ1) is 20.1. The van der Waals surface area contributed by atoms with Crippen molar-refractivity contribution in [1.82, 2.24) is 10.6 Å². The quantitative estimate of drug-likeness (QED) is 0.572. The number of ether oxygens (including phenoxy) is 1. The molecule has 0 saturated carbocycles. The highest BCUT2D eigenvalue weighted by atomic mass is 16.5. The molecule has 7 heteroatoms. The third-order valence-electron chi connectivity index (χ3n) is 4.19. The average molecular weight is 394 g/mol. The molecule has 3 rings (SSSR count). The summed E-state index contributed by atoms with van der Waals surface area (Å²) in [5, 5.41) is 5.92. The van der Waals surface area contributed by atoms with Gasteiger partial charge in [-0.15, -0.1) is 0 Å². The van der Waals surface area contributed by atoms with Crippen molar-refractivity contribution in [3.8, 4) is 16.9 Å². The minimum absolute atomic E-state index is 0.102. The SMILES string of the molecule is CCCNC(=O)CNC(=O)COc1ccc2c(-c3ccccc3)cc(=O)oc2c1. The van der Waals surface area contributed by atoms with Gasteiger partial charge in [0.15, 0.2) is 6.61 Å². The average Bonchev–Trinajstić information content (AvgIpc) is 2.74. The highest BCUT2D eigenvalue weighted by molar-refractivity contribution is 5.93. The van der Waals surface area contributed by atoms with Crippen LogP contribution in [0.4, 0.5) is 0 Å². The molecule has 2 aromatic carbocycles. The molecule has 0 radical (unpaired) electrons. The highest BCUT2D eigenvalue weighted by Crippen LogP contribution is 2.29. The molecule has 2 N–H and O–H groups in total. The number of carbonyl (C=O) groups excluding carboxylic acids is 2. The molecule has 150 valence electrons. The van der Waals surface area contributed by atoms with Gasteiger partial charge in [0.1, 0.15) is 11.3 Å². The van der Waals surface area contributed by atoms with Gasteiger partial charge < -0.3 is 19.8 Å². The van der Waals surface area contributed by atoms with Crippen LogP contribution in [0.5, 0.6) is 5.75 Å². The molecule has 0 saturated heterocycles. The second-order valence-electron chi connectivity index (χ2n) is 6.42. The number of hydrogen-bond donors (Lipinski definition) is 2. The van der Waals surface area contributed by atoms with Crippen molar-refractivity contribution >= 4 is 22.8 Å². The third-order valence-corrected chi connectivity index (χ3v) is 4.19. The summed E-state index contributed by atoms with van der Waals surface area (Å²) >= 11 is 0. The van der Waals surface area contributed by atoms with Gasteiger partial charge in [-0.1, -0.05) is 37.3 Å². The van der Waals surface area contributed by atoms with E-state index in [2.05, 4.69) is 10.6 Å². The summed E-state index contributed by atoms with van der Waals surface area (Å²) in [5.41, 5.74) is 1.57. The van der Waals surface area contributed by atoms with Crippen LogP contribution in [0.3, 0.4) is 0 Å². The molecular formula is C22H22N2O5. The van der Waals surface area contributed by atoms with Crippen LogP contribution >= 0.6 is 0 Å². The molecule has 0 bridgehead atoms. The Morgan fingerprint density at radius 3 is 2.55 bits per heavy atom. The van der Waals surface area contributed by atoms with Gasteiger partial charge in [-0.3, -0.25) is 9.59 Å². The lowest BCUT2D eigenvalue weighted by Crippen LogP contribution is -2.39. The molecule has 1 aromatic heterocycles. The maximum atomic E-state index is 12.0. The third kappa shape index (κ3) is 5.44. The van der Waals surface area contributed by atoms with Crippen LogP contribution in [0.2, 0.25) is 0 Å². The summed E-state index contributed by atoms with van der Waals surface area (Å²) in [5.74, 6) is -0.284. The van der Waals surface area contributed by atoms with Crippen LogP contribution in [0.25, 0.3) is 22.1 Å². The summed E-state index contributed by atoms with van der Waals surface area (Å²) in [6, 6.07) is 16.0. The second-order valence-corrected chi connectivity index (χ2v) is 6.42. The number of amides is 2. The van der Waals surface area contributed by atoms with Crippen LogP contribution in [-0.2, 0) is 9.59 Å². The van der Waals surface area contributed by atoms with Gasteiger partial charge in [0, 0.05) is 24.1 Å². The zero-order valence-electron chi connectivity index (χ0n) is 16.1. The molecule has 3 aromatic rings. The van der Waals surface area contributed by atoms with Gasteiger partial charge in [0.2, 0.25) is 5.91 Å². The Morgan fingerprint density at radius 1 is 1.00 bits per heavy atom. The summed E-state index contributed by atoms with van der Waals surface area (Å²) in [6.07, 6.45) is 0.826. The molecule has 0 aliphatic carbocycles. The van der Waals surface area contributed by atoms with E-state index in [9.17, 15) is 14.4 Å². The maximum Gasteiger partial charge on any atom is 0.336 e. The van der Waals surface area contributed by atoms with E-state index >= 15 is 0 Å². The second kappa shape index (κ2) is 9.54. The largest absolute Gasteiger partial charge is 0.484 e. The molecule has 0 unspecified atom stereocenters. The molecule has 2 amide bonds. The molecule has 0 atom stereocenters. The van der Waals surface area contributed by atoms with E-state index in [1.54, 1.807) is 18.2 Å². The molecule has 0 aliphatic rings. The van der Waals surface area contributed by atoms with E-state index in [1.807, 2.05) is 37.3 Å². The number of carbonyl (C=O) groups is 2. The lowest BCUT2D eigenvalue weighted by atomic mass is 10.0. The Kier molecular flexibility index (Phi) is 6.63. The Morgan fingerprint density at radius 2 is 1.79 bits per heavy atom. The van der Waals surface area contributed by atoms with Gasteiger partial charge in [-0.05, 0) is 29.7 Å². The molecule has 7 nitrogen and oxygen atoms in total. The van der Waals surface area contributed by atoms with Crippen molar-refractivity contribution in [3.63, 3.8) is 0 Å². The fourth-order valence-electron chi connectivity index (χ4n) is 2.80. The van der Waals surface area contributed by atoms with Gasteiger partial charge >= 0.3 is 5.63 Å². The molecule has 0 spiro atoms. The van der Waals surface area contributed by atoms with Crippen molar-refractivity contribution in [2.45, 2.75) is 13.3 Å². The Labute approximate surface area is 167 Å². The molecule has 0 aliphatic heterocycles. The smallest absolute Gasteiger partial charge is 0.336 e. The van der Waals surface area contributed by atoms with Crippen molar-refractivity contribution in [2.75, 3.05) is 19.7 Å². The summed E-state index contributed by atoms with van der Waals surface area (Å²) in [7, 11) is 0. The van der Waals surface area contributed by atoms with Crippen LogP contribution in [-0.4, -0.2) is 31.5 Å². The minimum atomic E-state index is -0.468. The zero-order chi connectivity index (χ0) is 20.6. The molecule has 0 fully saturated rings. The number of benzene rings is 2. The lowest BCUT2D eigenvalue weighted by molar-refractivity contribution is -0.127. The number of rotatable bonds is 8. The van der Waals surface area contributed by atoms with Crippen LogP contribution < -0.4 is 21.0 Å². The summed E-state index contributed by atoms with van der Waals surface area (Å²) in [4.78, 5) is 35.3. The minimum Gasteiger partial charge on any atom is -0.484 e. The van der Waals surface area contributed by atoms with Gasteiger partial charge in [0.05, 0.1) is 6.54 Å². The molecule has 1 heterocycles. The van der Waals surface area contributed by atoms with Crippen LogP contribution in [0, 0.1) is 0 Å². The van der Waals surface area contributed by atoms with Gasteiger partial charge in [0.25, 0.3) is 5.91 Å². The van der Waals surface area contributed by atoms with Crippen LogP contribution in [0.1, 0.15) is 13.3 Å². The van der Waals surface area contributed by atoms with E-state index in [0.717, 1.165) is 22.9 Å². The van der Waals surface area contributed by atoms with E-state index < -0.39 is 11.5 Å². The number of nitrogens with one attached hydrogen (secondary N) is 2. The monoisotopic (exact) mass is 394 g/mol. The summed E-state index contributed by atoms with van der Waals surface area (Å²) in [6.45, 7) is 2.16. The zero-order valence-corrected chi connectivity index (χ0v) is 16.1.